The minimum Gasteiger partial charge on any atom is -0.655 e. The molecular weight excluding hydrogens is 302 g/mol. The number of carboxylic acids is 1. The minimum atomic E-state index is -0.833. The maximum Gasteiger partial charge on any atom is 0.300 e. The monoisotopic (exact) mass is 313 g/mol. The molecule has 6 heteroatoms. The predicted molar refractivity (Wildman–Crippen MR) is 32.7 cm³/mol. The molecule has 0 saturated carbocycles. The first-order chi connectivity index (χ1) is 3.65. The first-order valence-electron chi connectivity index (χ1n) is 1.74. The molecule has 0 fully saturated rings. The number of rotatable bonds is 1. The van der Waals surface area contributed by atoms with Crippen molar-refractivity contribution in [3.63, 3.8) is 0 Å². The fourth-order valence-electron chi connectivity index (χ4n) is 0. The molecule has 0 amide bonds. The van der Waals surface area contributed by atoms with Crippen LogP contribution in [0.2, 0.25) is 0 Å². The molecular formula is C5H11O4Y2-. The molecule has 4 nitrogen and oxygen atoms in total. The van der Waals surface area contributed by atoms with Crippen molar-refractivity contribution in [3.05, 3.63) is 0 Å². The molecule has 0 rings (SSSR count). The topological polar surface area (TPSA) is 63.6 Å². The summed E-state index contributed by atoms with van der Waals surface area (Å²) in [4.78, 5) is 17.8. The zero-order valence-corrected chi connectivity index (χ0v) is 11.5. The van der Waals surface area contributed by atoms with Gasteiger partial charge < -0.3 is 14.6 Å². The Hall–Kier alpha value is 1.15. The number of hydrogen-bond donors (Lipinski definition) is 1. The third kappa shape index (κ3) is 202. The second kappa shape index (κ2) is 30.4. The summed E-state index contributed by atoms with van der Waals surface area (Å²) < 4.78 is 3.74. The number of carbonyl (C=O) groups excluding carboxylic acids is 1. The Morgan fingerprint density at radius 2 is 1.55 bits per heavy atom. The van der Waals surface area contributed by atoms with E-state index in [4.69, 9.17) is 14.7 Å². The zero-order chi connectivity index (χ0) is 6.99. The maximum atomic E-state index is 9.00. The van der Waals surface area contributed by atoms with E-state index in [-0.39, 0.29) is 72.8 Å². The zero-order valence-electron chi connectivity index (χ0n) is 5.83. The average Bonchev–Trinajstić information content (AvgIpc) is 1.65. The first kappa shape index (κ1) is 29.5. The molecule has 0 heterocycles. The van der Waals surface area contributed by atoms with Gasteiger partial charge in [-0.05, 0) is 0 Å². The molecule has 1 N–H and O–H groups in total. The van der Waals surface area contributed by atoms with E-state index in [9.17, 15) is 0 Å². The number of hydrogen-bond acceptors (Lipinski definition) is 3. The van der Waals surface area contributed by atoms with Crippen LogP contribution in [-0.4, -0.2) is 24.7 Å². The largest absolute Gasteiger partial charge is 0.655 e. The van der Waals surface area contributed by atoms with Crippen LogP contribution in [0.1, 0.15) is 14.4 Å². The van der Waals surface area contributed by atoms with E-state index in [1.54, 1.807) is 0 Å². The average molecular weight is 313 g/mol. The molecule has 62 valence electrons. The summed E-state index contributed by atoms with van der Waals surface area (Å²) in [6.07, 6.45) is 0. The van der Waals surface area contributed by atoms with Crippen LogP contribution in [0, 0.1) is 0 Å². The second-order valence-corrected chi connectivity index (χ2v) is 0.806. The van der Waals surface area contributed by atoms with Gasteiger partial charge in [0.1, 0.15) is 0 Å². The Morgan fingerprint density at radius 3 is 1.55 bits per heavy atom. The normalized spacial score (nSPS) is 4.18. The number of carbonyl (C=O) groups is 1. The van der Waals surface area contributed by atoms with Gasteiger partial charge in [-0.1, -0.05) is 13.9 Å². The molecule has 11 heavy (non-hydrogen) atoms. The number of methoxy groups -OCH3 is 1. The molecule has 0 bridgehead atoms. The van der Waals surface area contributed by atoms with Gasteiger partial charge in [-0.25, -0.2) is 0 Å². The van der Waals surface area contributed by atoms with Crippen LogP contribution in [0.4, 0.5) is 0 Å². The SMILES string of the molecule is C.CC(=O)O.CO[C-]=O.[Y].[Y]. The first-order valence-corrected chi connectivity index (χ1v) is 1.74. The van der Waals surface area contributed by atoms with Crippen molar-refractivity contribution in [2.24, 2.45) is 0 Å². The Bertz CT molecular complexity index is 72.9. The summed E-state index contributed by atoms with van der Waals surface area (Å²) in [7, 11) is 1.26. The van der Waals surface area contributed by atoms with Crippen LogP contribution in [0.25, 0.3) is 0 Å². The summed E-state index contributed by atoms with van der Waals surface area (Å²) in [5.41, 5.74) is 0. The smallest absolute Gasteiger partial charge is 0.300 e. The van der Waals surface area contributed by atoms with Gasteiger partial charge >= 0.3 is 0 Å². The van der Waals surface area contributed by atoms with Crippen molar-refractivity contribution in [1.82, 2.24) is 0 Å². The Morgan fingerprint density at radius 1 is 1.45 bits per heavy atom. The predicted octanol–water partition coefficient (Wildman–Crippen LogP) is 0.422. The van der Waals surface area contributed by atoms with E-state index in [0.717, 1.165) is 6.92 Å². The summed E-state index contributed by atoms with van der Waals surface area (Å²) >= 11 is 0. The van der Waals surface area contributed by atoms with Crippen LogP contribution in [-0.2, 0) is 79.7 Å². The van der Waals surface area contributed by atoms with E-state index in [1.807, 2.05) is 0 Å². The van der Waals surface area contributed by atoms with Crippen molar-refractivity contribution < 1.29 is 84.9 Å². The van der Waals surface area contributed by atoms with Gasteiger partial charge in [0.25, 0.3) is 5.97 Å². The van der Waals surface area contributed by atoms with Gasteiger partial charge in [-0.15, -0.1) is 0 Å². The Labute approximate surface area is 117 Å². The molecule has 0 unspecified atom stereocenters. The second-order valence-electron chi connectivity index (χ2n) is 0.806. The summed E-state index contributed by atoms with van der Waals surface area (Å²) in [5.74, 6) is -0.833. The molecule has 0 aliphatic carbocycles. The van der Waals surface area contributed by atoms with Crippen molar-refractivity contribution in [2.75, 3.05) is 7.11 Å². The van der Waals surface area contributed by atoms with E-state index in [1.165, 1.54) is 13.6 Å². The van der Waals surface area contributed by atoms with Crippen molar-refractivity contribution in [1.29, 1.82) is 0 Å². The Balaban J connectivity index is -0.0000000171. The third-order valence-electron chi connectivity index (χ3n) is 0.0833. The van der Waals surface area contributed by atoms with Crippen LogP contribution in [0.5, 0.6) is 0 Å². The third-order valence-corrected chi connectivity index (χ3v) is 0.0833. The molecule has 0 spiro atoms. The fourth-order valence-corrected chi connectivity index (χ4v) is 0. The van der Waals surface area contributed by atoms with Gasteiger partial charge in [0.15, 0.2) is 0 Å². The summed E-state index contributed by atoms with van der Waals surface area (Å²) in [6.45, 7) is 2.26. The van der Waals surface area contributed by atoms with E-state index in [0.29, 0.717) is 0 Å². The number of aliphatic carboxylic acids is 1. The van der Waals surface area contributed by atoms with Gasteiger partial charge in [0.2, 0.25) is 0 Å². The van der Waals surface area contributed by atoms with Crippen LogP contribution < -0.4 is 0 Å². The molecule has 2 radical (unpaired) electrons. The molecule has 0 aromatic carbocycles. The summed E-state index contributed by atoms with van der Waals surface area (Å²) in [6, 6.07) is 0. The molecule has 0 aliphatic heterocycles. The Kier molecular flexibility index (Phi) is 81.6. The molecule has 0 saturated heterocycles. The van der Waals surface area contributed by atoms with Crippen molar-refractivity contribution in [2.45, 2.75) is 14.4 Å². The quantitative estimate of drug-likeness (QED) is 0.713. The van der Waals surface area contributed by atoms with E-state index in [2.05, 4.69) is 4.74 Å². The van der Waals surface area contributed by atoms with Gasteiger partial charge in [-0.2, -0.15) is 0 Å². The van der Waals surface area contributed by atoms with Crippen molar-refractivity contribution in [3.8, 4) is 0 Å². The molecule has 0 aromatic heterocycles. The maximum absolute atomic E-state index is 9.00. The minimum absolute atomic E-state index is 0. The number of ether oxygens (including phenoxy) is 1. The van der Waals surface area contributed by atoms with Gasteiger partial charge in [0, 0.05) is 79.5 Å². The van der Waals surface area contributed by atoms with Crippen LogP contribution in [0.3, 0.4) is 0 Å². The molecule has 0 atom stereocenters. The summed E-state index contributed by atoms with van der Waals surface area (Å²) in [5, 5.41) is 7.42. The fraction of sp³-hybridized carbons (Fsp3) is 0.600. The van der Waals surface area contributed by atoms with Crippen LogP contribution in [0.15, 0.2) is 0 Å². The van der Waals surface area contributed by atoms with Gasteiger partial charge in [0.05, 0.1) is 0 Å². The van der Waals surface area contributed by atoms with E-state index >= 15 is 0 Å². The van der Waals surface area contributed by atoms with Crippen LogP contribution >= 0.6 is 0 Å². The molecule has 0 aliphatic rings. The molecule has 0 aromatic rings. The standard InChI is InChI=1S/C2H3O2.C2H4O2.CH4.2Y/c1-4-2-3;1-2(3)4;;;/h1H3;1H3,(H,3,4);1H4;;/q-1;;;;. The van der Waals surface area contributed by atoms with Gasteiger partial charge in [-0.3, -0.25) is 4.79 Å². The number of carboxylic acid groups (broad SMARTS) is 1. The van der Waals surface area contributed by atoms with E-state index < -0.39 is 5.97 Å². The van der Waals surface area contributed by atoms with Crippen molar-refractivity contribution >= 4 is 12.4 Å².